The van der Waals surface area contributed by atoms with Crippen LogP contribution in [-0.2, 0) is 6.54 Å². The zero-order valence-electron chi connectivity index (χ0n) is 13.9. The summed E-state index contributed by atoms with van der Waals surface area (Å²) in [4.78, 5) is 0. The molecule has 0 aliphatic rings. The van der Waals surface area contributed by atoms with E-state index in [0.29, 0.717) is 6.04 Å². The molecule has 0 spiro atoms. The van der Waals surface area contributed by atoms with Gasteiger partial charge in [-0.1, -0.05) is 18.2 Å². The fraction of sp³-hybridized carbons (Fsp3) is 0.500. The van der Waals surface area contributed by atoms with Gasteiger partial charge < -0.3 is 5.32 Å². The summed E-state index contributed by atoms with van der Waals surface area (Å²) in [6.45, 7) is 12.7. The molecule has 0 saturated carbocycles. The summed E-state index contributed by atoms with van der Waals surface area (Å²) in [7, 11) is 0. The monoisotopic (exact) mass is 285 g/mol. The summed E-state index contributed by atoms with van der Waals surface area (Å²) < 4.78 is 2.09. The minimum absolute atomic E-state index is 0.393. The van der Waals surface area contributed by atoms with Crippen molar-refractivity contribution in [2.45, 2.75) is 53.6 Å². The van der Waals surface area contributed by atoms with Crippen molar-refractivity contribution in [3.63, 3.8) is 0 Å². The summed E-state index contributed by atoms with van der Waals surface area (Å²) in [5, 5.41) is 8.10. The van der Waals surface area contributed by atoms with E-state index >= 15 is 0 Å². The lowest BCUT2D eigenvalue weighted by atomic mass is 10.0. The van der Waals surface area contributed by atoms with Crippen LogP contribution in [0.4, 0.5) is 0 Å². The number of rotatable bonds is 6. The van der Waals surface area contributed by atoms with Gasteiger partial charge >= 0.3 is 0 Å². The van der Waals surface area contributed by atoms with Crippen molar-refractivity contribution in [2.75, 3.05) is 6.54 Å². The molecule has 114 valence electrons. The van der Waals surface area contributed by atoms with Crippen LogP contribution in [0, 0.1) is 27.7 Å². The number of hydrogen-bond donors (Lipinski definition) is 1. The van der Waals surface area contributed by atoms with Gasteiger partial charge in [-0.05, 0) is 70.3 Å². The minimum Gasteiger partial charge on any atom is -0.310 e. The van der Waals surface area contributed by atoms with Gasteiger partial charge in [0.1, 0.15) is 0 Å². The molecular weight excluding hydrogens is 258 g/mol. The number of nitrogens with one attached hydrogen (secondary N) is 1. The standard InChI is InChI=1S/C18H27N3/c1-13-7-8-18(11-14(13)2)17(5)19-9-6-10-21-16(4)12-15(3)20-21/h7-8,11-12,17,19H,6,9-10H2,1-5H3. The van der Waals surface area contributed by atoms with Crippen LogP contribution in [0.3, 0.4) is 0 Å². The molecule has 0 fully saturated rings. The van der Waals surface area contributed by atoms with Crippen LogP contribution in [-0.4, -0.2) is 16.3 Å². The van der Waals surface area contributed by atoms with Gasteiger partial charge in [-0.25, -0.2) is 0 Å². The Bertz CT molecular complexity index is 599. The molecular formula is C18H27N3. The quantitative estimate of drug-likeness (QED) is 0.817. The third kappa shape index (κ3) is 4.18. The highest BCUT2D eigenvalue weighted by atomic mass is 15.3. The number of aromatic nitrogens is 2. The molecule has 2 aromatic rings. The van der Waals surface area contributed by atoms with E-state index in [1.807, 2.05) is 6.92 Å². The minimum atomic E-state index is 0.393. The molecule has 1 aromatic heterocycles. The Kier molecular flexibility index (Phi) is 5.18. The van der Waals surface area contributed by atoms with E-state index in [4.69, 9.17) is 0 Å². The van der Waals surface area contributed by atoms with Crippen LogP contribution < -0.4 is 5.32 Å². The lowest BCUT2D eigenvalue weighted by molar-refractivity contribution is 0.500. The van der Waals surface area contributed by atoms with Crippen molar-refractivity contribution in [1.29, 1.82) is 0 Å². The van der Waals surface area contributed by atoms with Crippen LogP contribution in [0.2, 0.25) is 0 Å². The molecule has 0 aliphatic heterocycles. The van der Waals surface area contributed by atoms with Crippen LogP contribution >= 0.6 is 0 Å². The zero-order valence-corrected chi connectivity index (χ0v) is 13.9. The summed E-state index contributed by atoms with van der Waals surface area (Å²) >= 11 is 0. The highest BCUT2D eigenvalue weighted by Gasteiger charge is 2.06. The van der Waals surface area contributed by atoms with E-state index in [-0.39, 0.29) is 0 Å². The van der Waals surface area contributed by atoms with Crippen LogP contribution in [0.1, 0.15) is 47.5 Å². The second kappa shape index (κ2) is 6.90. The van der Waals surface area contributed by atoms with Crippen LogP contribution in [0.15, 0.2) is 24.3 Å². The molecule has 1 atom stereocenters. The summed E-state index contributed by atoms with van der Waals surface area (Å²) in [6.07, 6.45) is 1.09. The first kappa shape index (κ1) is 15.8. The van der Waals surface area contributed by atoms with E-state index < -0.39 is 0 Å². The number of aryl methyl sites for hydroxylation is 5. The Labute approximate surface area is 128 Å². The Hall–Kier alpha value is -1.61. The van der Waals surface area contributed by atoms with E-state index in [9.17, 15) is 0 Å². The topological polar surface area (TPSA) is 29.9 Å². The highest BCUT2D eigenvalue weighted by molar-refractivity contribution is 5.31. The van der Waals surface area contributed by atoms with Crippen molar-refractivity contribution >= 4 is 0 Å². The van der Waals surface area contributed by atoms with Gasteiger partial charge in [-0.3, -0.25) is 4.68 Å². The summed E-state index contributed by atoms with van der Waals surface area (Å²) in [5.41, 5.74) is 6.43. The average molecular weight is 285 g/mol. The van der Waals surface area contributed by atoms with Crippen molar-refractivity contribution in [3.05, 3.63) is 52.3 Å². The summed E-state index contributed by atoms with van der Waals surface area (Å²) in [5.74, 6) is 0. The predicted octanol–water partition coefficient (Wildman–Crippen LogP) is 3.86. The highest BCUT2D eigenvalue weighted by Crippen LogP contribution is 2.16. The zero-order chi connectivity index (χ0) is 15.4. The molecule has 3 nitrogen and oxygen atoms in total. The molecule has 1 aromatic carbocycles. The average Bonchev–Trinajstić information content (AvgIpc) is 2.76. The largest absolute Gasteiger partial charge is 0.310 e. The maximum atomic E-state index is 4.50. The van der Waals surface area contributed by atoms with Crippen molar-refractivity contribution in [3.8, 4) is 0 Å². The normalized spacial score (nSPS) is 12.6. The maximum Gasteiger partial charge on any atom is 0.0596 e. The first-order valence-corrected chi connectivity index (χ1v) is 7.79. The third-order valence-electron chi connectivity index (χ3n) is 4.13. The SMILES string of the molecule is Cc1cc(C)n(CCCNC(C)c2ccc(C)c(C)c2)n1. The van der Waals surface area contributed by atoms with Crippen LogP contribution in [0.5, 0.6) is 0 Å². The van der Waals surface area contributed by atoms with Crippen molar-refractivity contribution in [2.24, 2.45) is 0 Å². The van der Waals surface area contributed by atoms with Gasteiger partial charge in [-0.2, -0.15) is 5.10 Å². The molecule has 1 N–H and O–H groups in total. The molecule has 3 heteroatoms. The number of hydrogen-bond acceptors (Lipinski definition) is 2. The maximum absolute atomic E-state index is 4.50. The predicted molar refractivity (Wildman–Crippen MR) is 88.7 cm³/mol. The smallest absolute Gasteiger partial charge is 0.0596 e. The molecule has 2 rings (SSSR count). The second-order valence-corrected chi connectivity index (χ2v) is 6.02. The molecule has 0 saturated heterocycles. The van der Waals surface area contributed by atoms with Crippen molar-refractivity contribution in [1.82, 2.24) is 15.1 Å². The summed E-state index contributed by atoms with van der Waals surface area (Å²) in [6, 6.07) is 9.24. The van der Waals surface area contributed by atoms with Gasteiger partial charge in [0.2, 0.25) is 0 Å². The van der Waals surface area contributed by atoms with Gasteiger partial charge in [0.25, 0.3) is 0 Å². The van der Waals surface area contributed by atoms with Gasteiger partial charge in [0, 0.05) is 18.3 Å². The fourth-order valence-corrected chi connectivity index (χ4v) is 2.60. The number of benzene rings is 1. The van der Waals surface area contributed by atoms with E-state index in [0.717, 1.165) is 25.2 Å². The first-order chi connectivity index (χ1) is 9.97. The Morgan fingerprint density at radius 1 is 1.10 bits per heavy atom. The van der Waals surface area contributed by atoms with Crippen LogP contribution in [0.25, 0.3) is 0 Å². The van der Waals surface area contributed by atoms with E-state index in [1.165, 1.54) is 22.4 Å². The van der Waals surface area contributed by atoms with Gasteiger partial charge in [-0.15, -0.1) is 0 Å². The molecule has 0 radical (unpaired) electrons. The van der Waals surface area contributed by atoms with Crippen molar-refractivity contribution < 1.29 is 0 Å². The van der Waals surface area contributed by atoms with Gasteiger partial charge in [0.05, 0.1) is 5.69 Å². The lowest BCUT2D eigenvalue weighted by Crippen LogP contribution is -2.21. The Morgan fingerprint density at radius 2 is 1.86 bits per heavy atom. The van der Waals surface area contributed by atoms with E-state index in [2.05, 4.69) is 67.1 Å². The van der Waals surface area contributed by atoms with Gasteiger partial charge in [0.15, 0.2) is 0 Å². The molecule has 0 aliphatic carbocycles. The molecule has 0 bridgehead atoms. The molecule has 21 heavy (non-hydrogen) atoms. The lowest BCUT2D eigenvalue weighted by Gasteiger charge is -2.16. The van der Waals surface area contributed by atoms with E-state index in [1.54, 1.807) is 0 Å². The Morgan fingerprint density at radius 3 is 2.48 bits per heavy atom. The fourth-order valence-electron chi connectivity index (χ4n) is 2.60. The molecule has 1 unspecified atom stereocenters. The molecule has 1 heterocycles. The second-order valence-electron chi connectivity index (χ2n) is 6.02. The Balaban J connectivity index is 1.80. The third-order valence-corrected chi connectivity index (χ3v) is 4.13. The first-order valence-electron chi connectivity index (χ1n) is 7.79. The molecule has 0 amide bonds. The number of nitrogens with zero attached hydrogens (tertiary/aromatic N) is 2.